The predicted molar refractivity (Wildman–Crippen MR) is 65.3 cm³/mol. The summed E-state index contributed by atoms with van der Waals surface area (Å²) in [6.07, 6.45) is 5.96. The van der Waals surface area contributed by atoms with Crippen molar-refractivity contribution in [1.29, 1.82) is 0 Å². The Kier molecular flexibility index (Phi) is 4.09. The lowest BCUT2D eigenvalue weighted by Crippen LogP contribution is -2.10. The zero-order chi connectivity index (χ0) is 12.1. The Labute approximate surface area is 101 Å². The van der Waals surface area contributed by atoms with Gasteiger partial charge in [-0.15, -0.1) is 0 Å². The van der Waals surface area contributed by atoms with Gasteiger partial charge in [-0.25, -0.2) is 0 Å². The molecule has 1 atom stereocenters. The first kappa shape index (κ1) is 12.0. The number of aromatic nitrogens is 1. The molecule has 2 rings (SSSR count). The molecule has 1 unspecified atom stereocenters. The average Bonchev–Trinajstić information content (AvgIpc) is 2.89. The van der Waals surface area contributed by atoms with Gasteiger partial charge >= 0.3 is 0 Å². The Morgan fingerprint density at radius 1 is 1.59 bits per heavy atom. The van der Waals surface area contributed by atoms with Gasteiger partial charge in [0.15, 0.2) is 5.78 Å². The molecule has 1 aliphatic heterocycles. The minimum atomic E-state index is 0.156. The number of rotatable bonds is 5. The zero-order valence-corrected chi connectivity index (χ0v) is 10.1. The smallest absolute Gasteiger partial charge is 0.164 e. The highest BCUT2D eigenvalue weighted by Gasteiger charge is 2.16. The predicted octanol–water partition coefficient (Wildman–Crippen LogP) is 1.66. The molecule has 0 saturated carbocycles. The lowest BCUT2D eigenvalue weighted by molar-refractivity contribution is 0.0974. The summed E-state index contributed by atoms with van der Waals surface area (Å²) < 4.78 is 5.06. The van der Waals surface area contributed by atoms with E-state index in [1.165, 1.54) is 6.42 Å². The molecule has 4 heteroatoms. The SMILES string of the molecule is COc1cncc(C(=O)CCC2CCNC2)c1. The third kappa shape index (κ3) is 3.27. The third-order valence-corrected chi connectivity index (χ3v) is 3.21. The lowest BCUT2D eigenvalue weighted by atomic mass is 9.99. The molecule has 2 heterocycles. The van der Waals surface area contributed by atoms with Crippen molar-refractivity contribution in [1.82, 2.24) is 10.3 Å². The van der Waals surface area contributed by atoms with Gasteiger partial charge in [0.2, 0.25) is 0 Å². The van der Waals surface area contributed by atoms with Crippen molar-refractivity contribution in [3.8, 4) is 5.75 Å². The number of Topliss-reactive ketones (excluding diaryl/α,β-unsaturated/α-hetero) is 1. The van der Waals surface area contributed by atoms with Crippen molar-refractivity contribution >= 4 is 5.78 Å². The summed E-state index contributed by atoms with van der Waals surface area (Å²) in [5.41, 5.74) is 0.648. The Hall–Kier alpha value is -1.42. The Bertz CT molecular complexity index is 387. The molecule has 1 aromatic heterocycles. The number of methoxy groups -OCH3 is 1. The fraction of sp³-hybridized carbons (Fsp3) is 0.538. The first-order valence-corrected chi connectivity index (χ1v) is 6.02. The summed E-state index contributed by atoms with van der Waals surface area (Å²) in [6.45, 7) is 2.13. The number of ether oxygens (including phenoxy) is 1. The molecule has 1 fully saturated rings. The highest BCUT2D eigenvalue weighted by atomic mass is 16.5. The molecule has 0 spiro atoms. The van der Waals surface area contributed by atoms with Gasteiger partial charge in [0, 0.05) is 18.2 Å². The normalized spacial score (nSPS) is 19.2. The molecule has 0 aliphatic carbocycles. The van der Waals surface area contributed by atoms with Crippen molar-refractivity contribution in [3.05, 3.63) is 24.0 Å². The Balaban J connectivity index is 1.89. The third-order valence-electron chi connectivity index (χ3n) is 3.21. The number of hydrogen-bond donors (Lipinski definition) is 1. The van der Waals surface area contributed by atoms with E-state index in [4.69, 9.17) is 4.74 Å². The second-order valence-electron chi connectivity index (χ2n) is 4.43. The van der Waals surface area contributed by atoms with Crippen LogP contribution in [0.5, 0.6) is 5.75 Å². The van der Waals surface area contributed by atoms with Crippen LogP contribution in [-0.4, -0.2) is 31.0 Å². The van der Waals surface area contributed by atoms with E-state index in [2.05, 4.69) is 10.3 Å². The van der Waals surface area contributed by atoms with Gasteiger partial charge in [-0.05, 0) is 37.9 Å². The van der Waals surface area contributed by atoms with Gasteiger partial charge in [-0.3, -0.25) is 9.78 Å². The fourth-order valence-electron chi connectivity index (χ4n) is 2.12. The van der Waals surface area contributed by atoms with E-state index < -0.39 is 0 Å². The molecule has 1 N–H and O–H groups in total. The molecule has 1 saturated heterocycles. The molecule has 1 aliphatic rings. The largest absolute Gasteiger partial charge is 0.495 e. The molecule has 17 heavy (non-hydrogen) atoms. The molecule has 0 amide bonds. The van der Waals surface area contributed by atoms with Crippen molar-refractivity contribution < 1.29 is 9.53 Å². The molecular weight excluding hydrogens is 216 g/mol. The maximum absolute atomic E-state index is 12.0. The number of carbonyl (C=O) groups excluding carboxylic acids is 1. The van der Waals surface area contributed by atoms with E-state index in [0.29, 0.717) is 23.7 Å². The van der Waals surface area contributed by atoms with Crippen LogP contribution in [0.2, 0.25) is 0 Å². The standard InChI is InChI=1S/C13H18N2O2/c1-17-12-6-11(8-15-9-12)13(16)3-2-10-4-5-14-7-10/h6,8-10,14H,2-5,7H2,1H3. The number of ketones is 1. The van der Waals surface area contributed by atoms with Gasteiger partial charge in [0.25, 0.3) is 0 Å². The van der Waals surface area contributed by atoms with Crippen LogP contribution < -0.4 is 10.1 Å². The minimum Gasteiger partial charge on any atom is -0.495 e. The van der Waals surface area contributed by atoms with Gasteiger partial charge in [0.05, 0.1) is 13.3 Å². The summed E-state index contributed by atoms with van der Waals surface area (Å²) in [5, 5.41) is 3.31. The summed E-state index contributed by atoms with van der Waals surface area (Å²) in [5.74, 6) is 1.44. The molecule has 1 aromatic rings. The number of nitrogens with one attached hydrogen (secondary N) is 1. The average molecular weight is 234 g/mol. The van der Waals surface area contributed by atoms with Crippen LogP contribution in [0, 0.1) is 5.92 Å². The Morgan fingerprint density at radius 2 is 2.47 bits per heavy atom. The summed E-state index contributed by atoms with van der Waals surface area (Å²) >= 11 is 0. The number of pyridine rings is 1. The van der Waals surface area contributed by atoms with Crippen molar-refractivity contribution in [3.63, 3.8) is 0 Å². The second kappa shape index (κ2) is 5.77. The first-order valence-electron chi connectivity index (χ1n) is 6.02. The number of nitrogens with zero attached hydrogens (tertiary/aromatic N) is 1. The van der Waals surface area contributed by atoms with E-state index in [-0.39, 0.29) is 5.78 Å². The van der Waals surface area contributed by atoms with E-state index in [0.717, 1.165) is 19.5 Å². The van der Waals surface area contributed by atoms with Crippen LogP contribution in [0.15, 0.2) is 18.5 Å². The minimum absolute atomic E-state index is 0.156. The van der Waals surface area contributed by atoms with E-state index in [9.17, 15) is 4.79 Å². The second-order valence-corrected chi connectivity index (χ2v) is 4.43. The maximum atomic E-state index is 12.0. The first-order chi connectivity index (χ1) is 8.29. The molecule has 0 bridgehead atoms. The number of hydrogen-bond acceptors (Lipinski definition) is 4. The summed E-state index contributed by atoms with van der Waals surface area (Å²) in [4.78, 5) is 16.0. The Morgan fingerprint density at radius 3 is 3.18 bits per heavy atom. The fourth-order valence-corrected chi connectivity index (χ4v) is 2.12. The van der Waals surface area contributed by atoms with Crippen LogP contribution >= 0.6 is 0 Å². The van der Waals surface area contributed by atoms with Gasteiger partial charge in [0.1, 0.15) is 5.75 Å². The van der Waals surface area contributed by atoms with Crippen LogP contribution in [0.25, 0.3) is 0 Å². The highest BCUT2D eigenvalue weighted by molar-refractivity contribution is 5.96. The summed E-state index contributed by atoms with van der Waals surface area (Å²) in [6, 6.07) is 1.75. The summed E-state index contributed by atoms with van der Waals surface area (Å²) in [7, 11) is 1.58. The number of carbonyl (C=O) groups is 1. The molecule has 0 radical (unpaired) electrons. The van der Waals surface area contributed by atoms with Crippen LogP contribution in [0.3, 0.4) is 0 Å². The lowest BCUT2D eigenvalue weighted by Gasteiger charge is -2.07. The van der Waals surface area contributed by atoms with Crippen LogP contribution in [-0.2, 0) is 0 Å². The van der Waals surface area contributed by atoms with Crippen LogP contribution in [0.4, 0.5) is 0 Å². The zero-order valence-electron chi connectivity index (χ0n) is 10.1. The molecule has 0 aromatic carbocycles. The molecular formula is C13H18N2O2. The van der Waals surface area contributed by atoms with Crippen molar-refractivity contribution in [2.24, 2.45) is 5.92 Å². The van der Waals surface area contributed by atoms with Gasteiger partial charge in [-0.1, -0.05) is 0 Å². The monoisotopic (exact) mass is 234 g/mol. The topological polar surface area (TPSA) is 51.2 Å². The molecule has 4 nitrogen and oxygen atoms in total. The maximum Gasteiger partial charge on any atom is 0.164 e. The molecule has 92 valence electrons. The van der Waals surface area contributed by atoms with Gasteiger partial charge < -0.3 is 10.1 Å². The van der Waals surface area contributed by atoms with Gasteiger partial charge in [-0.2, -0.15) is 0 Å². The van der Waals surface area contributed by atoms with Crippen LogP contribution in [0.1, 0.15) is 29.6 Å². The quantitative estimate of drug-likeness (QED) is 0.787. The van der Waals surface area contributed by atoms with Crippen molar-refractivity contribution in [2.45, 2.75) is 19.3 Å². The van der Waals surface area contributed by atoms with E-state index >= 15 is 0 Å². The highest BCUT2D eigenvalue weighted by Crippen LogP contribution is 2.18. The van der Waals surface area contributed by atoms with Crippen molar-refractivity contribution in [2.75, 3.05) is 20.2 Å². The van der Waals surface area contributed by atoms with E-state index in [1.807, 2.05) is 0 Å². The van der Waals surface area contributed by atoms with E-state index in [1.54, 1.807) is 25.6 Å².